The van der Waals surface area contributed by atoms with Crippen molar-refractivity contribution in [2.75, 3.05) is 13.2 Å². The summed E-state index contributed by atoms with van der Waals surface area (Å²) in [5.41, 5.74) is 2.39. The topological polar surface area (TPSA) is 47.7 Å². The molecule has 1 saturated carbocycles. The van der Waals surface area contributed by atoms with Gasteiger partial charge in [-0.3, -0.25) is 9.88 Å². The first kappa shape index (κ1) is 16.8. The van der Waals surface area contributed by atoms with Crippen molar-refractivity contribution in [3.8, 4) is 0 Å². The monoisotopic (exact) mass is 342 g/mol. The number of morpholine rings is 1. The van der Waals surface area contributed by atoms with Crippen molar-refractivity contribution in [1.82, 2.24) is 9.88 Å². The number of pyridine rings is 1. The number of aryl methyl sites for hydroxylation is 2. The smallest absolute Gasteiger partial charge is 0.118 e. The molecule has 4 rings (SSSR count). The number of ether oxygens (including phenoxy) is 2. The van der Waals surface area contributed by atoms with E-state index in [-0.39, 0.29) is 12.2 Å². The molecule has 1 saturated heterocycles. The first-order valence-electron chi connectivity index (χ1n) is 9.13. The van der Waals surface area contributed by atoms with Crippen LogP contribution in [0.25, 0.3) is 0 Å². The van der Waals surface area contributed by atoms with Crippen LogP contribution in [-0.4, -0.2) is 41.3 Å². The van der Waals surface area contributed by atoms with Crippen LogP contribution in [0.2, 0.25) is 0 Å². The molecule has 25 heavy (non-hydrogen) atoms. The Bertz CT molecular complexity index is 681. The quantitative estimate of drug-likeness (QED) is 0.835. The van der Waals surface area contributed by atoms with E-state index in [1.54, 1.807) is 0 Å². The summed E-state index contributed by atoms with van der Waals surface area (Å²) in [6.07, 6.45) is 6.11. The predicted molar refractivity (Wildman–Crippen MR) is 94.2 cm³/mol. The minimum absolute atomic E-state index is 0.160. The van der Waals surface area contributed by atoms with Crippen LogP contribution in [0, 0.1) is 13.8 Å². The van der Waals surface area contributed by atoms with Crippen LogP contribution in [-0.2, 0) is 22.6 Å². The van der Waals surface area contributed by atoms with Crippen LogP contribution in [0.15, 0.2) is 35.0 Å². The summed E-state index contributed by atoms with van der Waals surface area (Å²) in [6.45, 7) is 7.32. The molecule has 0 N–H and O–H groups in total. The Kier molecular flexibility index (Phi) is 4.88. The molecule has 0 spiro atoms. The van der Waals surface area contributed by atoms with Crippen LogP contribution in [0.5, 0.6) is 0 Å². The summed E-state index contributed by atoms with van der Waals surface area (Å²) in [7, 11) is 0. The number of hydrogen-bond acceptors (Lipinski definition) is 5. The van der Waals surface area contributed by atoms with Crippen LogP contribution in [0.1, 0.15) is 35.5 Å². The Labute approximate surface area is 148 Å². The maximum Gasteiger partial charge on any atom is 0.118 e. The second-order valence-electron chi connectivity index (χ2n) is 7.11. The third-order valence-electron chi connectivity index (χ3n) is 5.44. The van der Waals surface area contributed by atoms with Crippen molar-refractivity contribution in [2.24, 2.45) is 0 Å². The van der Waals surface area contributed by atoms with Crippen LogP contribution in [0.4, 0.5) is 0 Å². The summed E-state index contributed by atoms with van der Waals surface area (Å²) in [6, 6.07) is 6.58. The van der Waals surface area contributed by atoms with E-state index in [1.807, 2.05) is 31.5 Å². The lowest BCUT2D eigenvalue weighted by Crippen LogP contribution is -2.51. The molecule has 134 valence electrons. The summed E-state index contributed by atoms with van der Waals surface area (Å²) in [4.78, 5) is 6.55. The third kappa shape index (κ3) is 3.64. The molecule has 0 aromatic carbocycles. The maximum atomic E-state index is 6.18. The Hall–Kier alpha value is -1.69. The fraction of sp³-hybridized carbons (Fsp3) is 0.550. The first-order chi connectivity index (χ1) is 12.2. The van der Waals surface area contributed by atoms with Crippen molar-refractivity contribution >= 4 is 0 Å². The van der Waals surface area contributed by atoms with E-state index in [2.05, 4.69) is 22.9 Å². The lowest BCUT2D eigenvalue weighted by Gasteiger charge is -2.38. The van der Waals surface area contributed by atoms with Crippen LogP contribution >= 0.6 is 0 Å². The Morgan fingerprint density at radius 1 is 1.24 bits per heavy atom. The maximum absolute atomic E-state index is 6.18. The van der Waals surface area contributed by atoms with E-state index in [4.69, 9.17) is 13.9 Å². The second-order valence-corrected chi connectivity index (χ2v) is 7.11. The summed E-state index contributed by atoms with van der Waals surface area (Å²) in [5.74, 6) is 2.07. The van der Waals surface area contributed by atoms with E-state index in [0.29, 0.717) is 12.6 Å². The minimum atomic E-state index is 0.160. The zero-order valence-corrected chi connectivity index (χ0v) is 15.0. The second kappa shape index (κ2) is 7.28. The summed E-state index contributed by atoms with van der Waals surface area (Å²) in [5, 5.41) is 0. The van der Waals surface area contributed by atoms with Crippen molar-refractivity contribution in [1.29, 1.82) is 0 Å². The molecule has 3 heterocycles. The molecule has 1 aliphatic heterocycles. The fourth-order valence-corrected chi connectivity index (χ4v) is 3.98. The van der Waals surface area contributed by atoms with Gasteiger partial charge in [0.2, 0.25) is 0 Å². The first-order valence-corrected chi connectivity index (χ1v) is 9.13. The van der Waals surface area contributed by atoms with Crippen molar-refractivity contribution in [3.05, 3.63) is 53.2 Å². The zero-order chi connectivity index (χ0) is 17.2. The van der Waals surface area contributed by atoms with Gasteiger partial charge in [-0.25, -0.2) is 0 Å². The number of rotatable bonds is 5. The number of furan rings is 1. The lowest BCUT2D eigenvalue weighted by atomic mass is 10.1. The lowest BCUT2D eigenvalue weighted by molar-refractivity contribution is -0.119. The van der Waals surface area contributed by atoms with Gasteiger partial charge >= 0.3 is 0 Å². The van der Waals surface area contributed by atoms with Crippen molar-refractivity contribution < 1.29 is 13.9 Å². The standard InChI is InChI=1S/C20H26N2O3/c1-14-11-17(25-15(14)2)12-22-9-10-23-20-18(22)3-4-19(20)24-13-16-5-7-21-8-6-16/h5-8,11,18-20H,3-4,9-10,12-13H2,1-2H3/t18-,19-,20+/m1/s1. The number of nitrogens with zero attached hydrogens (tertiary/aromatic N) is 2. The highest BCUT2D eigenvalue weighted by atomic mass is 16.5. The summed E-state index contributed by atoms with van der Waals surface area (Å²) >= 11 is 0. The molecular formula is C20H26N2O3. The number of fused-ring (bicyclic) bond motifs is 1. The fourth-order valence-electron chi connectivity index (χ4n) is 3.98. The van der Waals surface area contributed by atoms with Gasteiger partial charge in [-0.15, -0.1) is 0 Å². The molecule has 2 fully saturated rings. The highest BCUT2D eigenvalue weighted by molar-refractivity contribution is 5.19. The molecule has 0 amide bonds. The molecule has 2 aromatic rings. The minimum Gasteiger partial charge on any atom is -0.465 e. The zero-order valence-electron chi connectivity index (χ0n) is 15.0. The molecule has 0 bridgehead atoms. The van der Waals surface area contributed by atoms with Gasteiger partial charge in [0, 0.05) is 25.0 Å². The van der Waals surface area contributed by atoms with Gasteiger partial charge in [-0.1, -0.05) is 0 Å². The molecule has 5 heteroatoms. The molecule has 5 nitrogen and oxygen atoms in total. The van der Waals surface area contributed by atoms with Crippen molar-refractivity contribution in [3.63, 3.8) is 0 Å². The van der Waals surface area contributed by atoms with E-state index in [1.165, 1.54) is 5.56 Å². The highest BCUT2D eigenvalue weighted by Crippen LogP contribution is 2.33. The van der Waals surface area contributed by atoms with Crippen LogP contribution < -0.4 is 0 Å². The van der Waals surface area contributed by atoms with E-state index in [0.717, 1.165) is 49.6 Å². The van der Waals surface area contributed by atoms with Gasteiger partial charge in [-0.05, 0) is 56.0 Å². The molecule has 2 aliphatic rings. The summed E-state index contributed by atoms with van der Waals surface area (Å²) < 4.78 is 18.1. The molecule has 2 aromatic heterocycles. The Morgan fingerprint density at radius 2 is 2.08 bits per heavy atom. The van der Waals surface area contributed by atoms with Crippen molar-refractivity contribution in [2.45, 2.75) is 58.1 Å². The Morgan fingerprint density at radius 3 is 2.84 bits per heavy atom. The highest BCUT2D eigenvalue weighted by Gasteiger charge is 2.43. The van der Waals surface area contributed by atoms with Gasteiger partial charge in [0.15, 0.2) is 0 Å². The molecule has 3 atom stereocenters. The molecule has 0 radical (unpaired) electrons. The average Bonchev–Trinajstić information content (AvgIpc) is 3.18. The van der Waals surface area contributed by atoms with Gasteiger partial charge in [0.25, 0.3) is 0 Å². The number of hydrogen-bond donors (Lipinski definition) is 0. The SMILES string of the molecule is Cc1cc(CN2CCO[C@H]3[C@H]2CC[C@H]3OCc2ccncc2)oc1C. The van der Waals surface area contributed by atoms with E-state index < -0.39 is 0 Å². The number of aromatic nitrogens is 1. The largest absolute Gasteiger partial charge is 0.465 e. The van der Waals surface area contributed by atoms with Gasteiger partial charge < -0.3 is 13.9 Å². The van der Waals surface area contributed by atoms with Gasteiger partial charge in [-0.2, -0.15) is 0 Å². The molecule has 1 aliphatic carbocycles. The van der Waals surface area contributed by atoms with E-state index in [9.17, 15) is 0 Å². The molecule has 0 unspecified atom stereocenters. The van der Waals surface area contributed by atoms with Gasteiger partial charge in [0.05, 0.1) is 32.0 Å². The van der Waals surface area contributed by atoms with Crippen LogP contribution in [0.3, 0.4) is 0 Å². The third-order valence-corrected chi connectivity index (χ3v) is 5.44. The predicted octanol–water partition coefficient (Wildman–Crippen LogP) is 3.24. The van der Waals surface area contributed by atoms with E-state index >= 15 is 0 Å². The normalized spacial score (nSPS) is 26.7. The Balaban J connectivity index is 1.38. The van der Waals surface area contributed by atoms with Gasteiger partial charge in [0.1, 0.15) is 11.5 Å². The average molecular weight is 342 g/mol. The molecular weight excluding hydrogens is 316 g/mol.